The Morgan fingerprint density at radius 2 is 1.87 bits per heavy atom. The van der Waals surface area contributed by atoms with Crippen molar-refractivity contribution in [1.82, 2.24) is 9.55 Å². The highest BCUT2D eigenvalue weighted by Gasteiger charge is 2.15. The summed E-state index contributed by atoms with van der Waals surface area (Å²) in [6.45, 7) is 3.25. The number of benzene rings is 1. The topological polar surface area (TPSA) is 93.1 Å². The van der Waals surface area contributed by atoms with Crippen molar-refractivity contribution in [3.63, 3.8) is 0 Å². The van der Waals surface area contributed by atoms with E-state index < -0.39 is 21.7 Å². The number of anilines is 2. The van der Waals surface area contributed by atoms with Gasteiger partial charge in [-0.05, 0) is 44.2 Å². The lowest BCUT2D eigenvalue weighted by molar-refractivity contribution is 0.102. The molecule has 0 unspecified atom stereocenters. The van der Waals surface area contributed by atoms with E-state index >= 15 is 0 Å². The number of carbonyl (C=O) groups is 1. The first-order valence-corrected chi connectivity index (χ1v) is 11.1. The van der Waals surface area contributed by atoms with E-state index in [2.05, 4.69) is 15.0 Å². The van der Waals surface area contributed by atoms with Gasteiger partial charge in [0.05, 0.1) is 28.2 Å². The summed E-state index contributed by atoms with van der Waals surface area (Å²) in [5.41, 5.74) is 1.49. The minimum atomic E-state index is -3.50. The molecule has 0 fully saturated rings. The molecule has 0 saturated carbocycles. The molecule has 0 bridgehead atoms. The molecule has 0 aliphatic rings. The summed E-state index contributed by atoms with van der Waals surface area (Å²) in [6, 6.07) is 7.13. The van der Waals surface area contributed by atoms with Crippen molar-refractivity contribution in [2.45, 2.75) is 13.8 Å². The van der Waals surface area contributed by atoms with Gasteiger partial charge in [-0.15, -0.1) is 0 Å². The van der Waals surface area contributed by atoms with Gasteiger partial charge in [-0.1, -0.05) is 23.2 Å². The number of carbonyl (C=O) groups excluding carboxylic acids is 1. The van der Waals surface area contributed by atoms with E-state index in [4.69, 9.17) is 23.2 Å². The fourth-order valence-electron chi connectivity index (χ4n) is 2.69. The minimum Gasteiger partial charge on any atom is -0.322 e. The lowest BCUT2D eigenvalue weighted by Crippen LogP contribution is -2.15. The average molecular weight is 471 g/mol. The molecule has 2 N–H and O–H groups in total. The summed E-state index contributed by atoms with van der Waals surface area (Å²) in [5, 5.41) is 3.02. The third-order valence-corrected chi connectivity index (χ3v) is 5.90. The van der Waals surface area contributed by atoms with E-state index in [9.17, 15) is 17.6 Å². The van der Waals surface area contributed by atoms with Gasteiger partial charge in [0.2, 0.25) is 10.0 Å². The van der Waals surface area contributed by atoms with Crippen LogP contribution in [0, 0.1) is 12.7 Å². The van der Waals surface area contributed by atoms with Crippen molar-refractivity contribution >= 4 is 50.5 Å². The maximum Gasteiger partial charge on any atom is 0.257 e. The van der Waals surface area contributed by atoms with Gasteiger partial charge in [-0.3, -0.25) is 9.52 Å². The minimum absolute atomic E-state index is 0.100. The smallest absolute Gasteiger partial charge is 0.257 e. The normalized spacial score (nSPS) is 11.4. The molecule has 0 aliphatic carbocycles. The monoisotopic (exact) mass is 470 g/mol. The molecule has 0 radical (unpaired) electrons. The molecule has 2 heterocycles. The highest BCUT2D eigenvalue weighted by Crippen LogP contribution is 2.25. The number of amides is 1. The van der Waals surface area contributed by atoms with Crippen LogP contribution in [0.2, 0.25) is 10.0 Å². The van der Waals surface area contributed by atoms with Gasteiger partial charge < -0.3 is 9.88 Å². The summed E-state index contributed by atoms with van der Waals surface area (Å²) in [5.74, 6) is -0.842. The number of halogens is 3. The molecule has 3 rings (SSSR count). The van der Waals surface area contributed by atoms with Gasteiger partial charge in [0, 0.05) is 22.6 Å². The molecule has 30 heavy (non-hydrogen) atoms. The van der Waals surface area contributed by atoms with Crippen LogP contribution in [0.1, 0.15) is 23.0 Å². The van der Waals surface area contributed by atoms with Crippen LogP contribution in [0.4, 0.5) is 15.8 Å². The SMILES string of the molecule is CCS(=O)(=O)Nc1cc(Cl)cc(NC(=O)c2cc(C)n(-c3ncc(F)cc3Cl)c2)c1. The standard InChI is InChI=1S/C19H17Cl2FN4O3S/c1-3-30(28,29)25-16-6-13(20)5-15(8-16)24-19(27)12-4-11(2)26(10-12)18-17(21)7-14(22)9-23-18/h4-10,25H,3H2,1-2H3,(H,24,27). The van der Waals surface area contributed by atoms with Gasteiger partial charge in [-0.2, -0.15) is 0 Å². The molecule has 158 valence electrons. The average Bonchev–Trinajstić information content (AvgIpc) is 3.02. The Labute approximate surface area is 182 Å². The Hall–Kier alpha value is -2.62. The molecule has 7 nitrogen and oxygen atoms in total. The van der Waals surface area contributed by atoms with Crippen LogP contribution >= 0.6 is 23.2 Å². The number of sulfonamides is 1. The van der Waals surface area contributed by atoms with Crippen LogP contribution in [0.25, 0.3) is 5.82 Å². The van der Waals surface area contributed by atoms with E-state index in [0.717, 1.165) is 12.3 Å². The molecule has 3 aromatic rings. The summed E-state index contributed by atoms with van der Waals surface area (Å²) in [4.78, 5) is 16.7. The predicted molar refractivity (Wildman–Crippen MR) is 116 cm³/mol. The third kappa shape index (κ3) is 5.10. The van der Waals surface area contributed by atoms with E-state index in [1.54, 1.807) is 17.6 Å². The lowest BCUT2D eigenvalue weighted by Gasteiger charge is -2.10. The van der Waals surface area contributed by atoms with Crippen LogP contribution in [0.3, 0.4) is 0 Å². The summed E-state index contributed by atoms with van der Waals surface area (Å²) < 4.78 is 40.8. The maximum atomic E-state index is 13.3. The first kappa shape index (κ1) is 22.1. The zero-order valence-electron chi connectivity index (χ0n) is 15.9. The number of aryl methyl sites for hydroxylation is 1. The van der Waals surface area contributed by atoms with Crippen LogP contribution < -0.4 is 10.0 Å². The largest absolute Gasteiger partial charge is 0.322 e. The van der Waals surface area contributed by atoms with Gasteiger partial charge in [-0.25, -0.2) is 17.8 Å². The van der Waals surface area contributed by atoms with Gasteiger partial charge >= 0.3 is 0 Å². The molecule has 0 atom stereocenters. The zero-order valence-corrected chi connectivity index (χ0v) is 18.2. The number of nitrogens with zero attached hydrogens (tertiary/aromatic N) is 2. The number of hydrogen-bond donors (Lipinski definition) is 2. The number of aromatic nitrogens is 2. The highest BCUT2D eigenvalue weighted by atomic mass is 35.5. The first-order valence-electron chi connectivity index (χ1n) is 8.71. The molecule has 1 aromatic carbocycles. The van der Waals surface area contributed by atoms with Gasteiger partial charge in [0.15, 0.2) is 5.82 Å². The van der Waals surface area contributed by atoms with Crippen molar-refractivity contribution in [2.75, 3.05) is 15.8 Å². The molecule has 0 spiro atoms. The second-order valence-corrected chi connectivity index (χ2v) is 9.24. The number of nitrogens with one attached hydrogen (secondary N) is 2. The van der Waals surface area contributed by atoms with Gasteiger partial charge in [0.1, 0.15) is 5.82 Å². The molecule has 1 amide bonds. The molecule has 2 aromatic heterocycles. The second kappa shape index (κ2) is 8.63. The fraction of sp³-hybridized carbons (Fsp3) is 0.158. The maximum absolute atomic E-state index is 13.3. The Bertz CT molecular complexity index is 1230. The van der Waals surface area contributed by atoms with E-state index in [-0.39, 0.29) is 27.3 Å². The van der Waals surface area contributed by atoms with Crippen molar-refractivity contribution < 1.29 is 17.6 Å². The Kier molecular flexibility index (Phi) is 6.35. The highest BCUT2D eigenvalue weighted by molar-refractivity contribution is 7.92. The van der Waals surface area contributed by atoms with Crippen LogP contribution in [-0.4, -0.2) is 29.6 Å². The number of pyridine rings is 1. The van der Waals surface area contributed by atoms with Crippen molar-refractivity contribution in [1.29, 1.82) is 0 Å². The van der Waals surface area contributed by atoms with Crippen molar-refractivity contribution in [3.8, 4) is 5.82 Å². The van der Waals surface area contributed by atoms with Crippen LogP contribution in [0.5, 0.6) is 0 Å². The predicted octanol–water partition coefficient (Wildman–Crippen LogP) is 4.64. The van der Waals surface area contributed by atoms with Crippen molar-refractivity contribution in [2.24, 2.45) is 0 Å². The Morgan fingerprint density at radius 3 is 2.53 bits per heavy atom. The Morgan fingerprint density at radius 1 is 1.17 bits per heavy atom. The van der Waals surface area contributed by atoms with E-state index in [1.165, 1.54) is 31.3 Å². The van der Waals surface area contributed by atoms with Crippen molar-refractivity contribution in [3.05, 3.63) is 69.8 Å². The second-order valence-electron chi connectivity index (χ2n) is 6.39. The fourth-order valence-corrected chi connectivity index (χ4v) is 3.79. The van der Waals surface area contributed by atoms with Gasteiger partial charge in [0.25, 0.3) is 5.91 Å². The first-order chi connectivity index (χ1) is 14.1. The Balaban J connectivity index is 1.86. The number of rotatable bonds is 6. The molecule has 11 heteroatoms. The van der Waals surface area contributed by atoms with E-state index in [0.29, 0.717) is 16.9 Å². The van der Waals surface area contributed by atoms with Crippen LogP contribution in [-0.2, 0) is 10.0 Å². The zero-order chi connectivity index (χ0) is 22.1. The quantitative estimate of drug-likeness (QED) is 0.548. The number of hydrogen-bond acceptors (Lipinski definition) is 4. The lowest BCUT2D eigenvalue weighted by atomic mass is 10.2. The molecule has 0 saturated heterocycles. The third-order valence-electron chi connectivity index (χ3n) is 4.10. The summed E-state index contributed by atoms with van der Waals surface area (Å²) in [6.07, 6.45) is 2.55. The van der Waals surface area contributed by atoms with E-state index in [1.807, 2.05) is 0 Å². The summed E-state index contributed by atoms with van der Waals surface area (Å²) in [7, 11) is -3.50. The molecular weight excluding hydrogens is 454 g/mol. The molecular formula is C19H17Cl2FN4O3S. The van der Waals surface area contributed by atoms with Crippen LogP contribution in [0.15, 0.2) is 42.7 Å². The molecule has 0 aliphatic heterocycles. The summed E-state index contributed by atoms with van der Waals surface area (Å²) >= 11 is 12.1.